The van der Waals surface area contributed by atoms with Crippen molar-refractivity contribution >= 4 is 5.91 Å². The summed E-state index contributed by atoms with van der Waals surface area (Å²) in [6.07, 6.45) is 1.41. The fourth-order valence-corrected chi connectivity index (χ4v) is 3.29. The Kier molecular flexibility index (Phi) is 7.18. The maximum Gasteiger partial charge on any atom is 0.224 e. The Balaban J connectivity index is 2.05. The maximum atomic E-state index is 13.1. The average molecular weight is 336 g/mol. The SMILES string of the molecule is COCCC(=O)N1CCCN(Cc2ccc(F)cc2)C(C(C)C)C1. The van der Waals surface area contributed by atoms with Crippen LogP contribution in [0.5, 0.6) is 0 Å². The minimum Gasteiger partial charge on any atom is -0.384 e. The maximum absolute atomic E-state index is 13.1. The lowest BCUT2D eigenvalue weighted by atomic mass is 10.0. The normalized spacial score (nSPS) is 19.5. The Bertz CT molecular complexity index is 519. The summed E-state index contributed by atoms with van der Waals surface area (Å²) in [5.74, 6) is 0.414. The number of benzene rings is 1. The van der Waals surface area contributed by atoms with Gasteiger partial charge in [0.25, 0.3) is 0 Å². The highest BCUT2D eigenvalue weighted by Gasteiger charge is 2.29. The van der Waals surface area contributed by atoms with E-state index in [2.05, 4.69) is 18.7 Å². The van der Waals surface area contributed by atoms with Gasteiger partial charge in [0.2, 0.25) is 5.91 Å². The van der Waals surface area contributed by atoms with Crippen LogP contribution in [-0.4, -0.2) is 55.1 Å². The van der Waals surface area contributed by atoms with Crippen molar-refractivity contribution in [2.24, 2.45) is 5.92 Å². The highest BCUT2D eigenvalue weighted by atomic mass is 19.1. The predicted molar refractivity (Wildman–Crippen MR) is 93.1 cm³/mol. The van der Waals surface area contributed by atoms with Gasteiger partial charge < -0.3 is 9.64 Å². The predicted octanol–water partition coefficient (Wildman–Crippen LogP) is 2.92. The van der Waals surface area contributed by atoms with Gasteiger partial charge in [-0.3, -0.25) is 9.69 Å². The molecule has 134 valence electrons. The Morgan fingerprint density at radius 2 is 2.00 bits per heavy atom. The first kappa shape index (κ1) is 18.9. The lowest BCUT2D eigenvalue weighted by molar-refractivity contribution is -0.132. The Morgan fingerprint density at radius 3 is 2.62 bits per heavy atom. The number of hydrogen-bond donors (Lipinski definition) is 0. The van der Waals surface area contributed by atoms with Gasteiger partial charge in [-0.15, -0.1) is 0 Å². The number of ether oxygens (including phenoxy) is 1. The summed E-state index contributed by atoms with van der Waals surface area (Å²) in [4.78, 5) is 16.8. The Morgan fingerprint density at radius 1 is 1.29 bits per heavy atom. The van der Waals surface area contributed by atoms with Gasteiger partial charge in [-0.05, 0) is 30.0 Å². The second-order valence-electron chi connectivity index (χ2n) is 6.84. The molecule has 5 heteroatoms. The number of nitrogens with zero attached hydrogens (tertiary/aromatic N) is 2. The van der Waals surface area contributed by atoms with Crippen LogP contribution in [-0.2, 0) is 16.1 Å². The standard InChI is InChI=1S/C19H29FN2O2/c1-15(2)18-14-22(19(23)9-12-24-3)11-4-10-21(18)13-16-5-7-17(20)8-6-16/h5-8,15,18H,4,9-14H2,1-3H3. The summed E-state index contributed by atoms with van der Waals surface area (Å²) in [5.41, 5.74) is 1.11. The van der Waals surface area contributed by atoms with Gasteiger partial charge in [-0.2, -0.15) is 0 Å². The van der Waals surface area contributed by atoms with Crippen molar-refractivity contribution in [1.82, 2.24) is 9.80 Å². The summed E-state index contributed by atoms with van der Waals surface area (Å²) >= 11 is 0. The van der Waals surface area contributed by atoms with E-state index < -0.39 is 0 Å². The molecule has 1 aliphatic heterocycles. The topological polar surface area (TPSA) is 32.8 Å². The Hall–Kier alpha value is -1.46. The molecule has 1 aromatic rings. The lowest BCUT2D eigenvalue weighted by Crippen LogP contribution is -2.45. The van der Waals surface area contributed by atoms with E-state index in [-0.39, 0.29) is 11.7 Å². The fraction of sp³-hybridized carbons (Fsp3) is 0.632. The van der Waals surface area contributed by atoms with Crippen molar-refractivity contribution in [3.8, 4) is 0 Å². The molecule has 0 N–H and O–H groups in total. The molecule has 2 rings (SSSR count). The second-order valence-corrected chi connectivity index (χ2v) is 6.84. The minimum atomic E-state index is -0.204. The number of carbonyl (C=O) groups excluding carboxylic acids is 1. The van der Waals surface area contributed by atoms with Crippen molar-refractivity contribution in [3.05, 3.63) is 35.6 Å². The third-order valence-electron chi connectivity index (χ3n) is 4.69. The van der Waals surface area contributed by atoms with Crippen molar-refractivity contribution in [2.75, 3.05) is 33.4 Å². The van der Waals surface area contributed by atoms with E-state index in [0.29, 0.717) is 25.0 Å². The molecule has 0 aromatic heterocycles. The number of rotatable bonds is 6. The molecule has 0 radical (unpaired) electrons. The van der Waals surface area contributed by atoms with Crippen LogP contribution in [0.15, 0.2) is 24.3 Å². The number of methoxy groups -OCH3 is 1. The summed E-state index contributed by atoms with van der Waals surface area (Å²) < 4.78 is 18.1. The molecule has 1 saturated heterocycles. The zero-order valence-electron chi connectivity index (χ0n) is 15.0. The van der Waals surface area contributed by atoms with Crippen LogP contribution in [0.4, 0.5) is 4.39 Å². The molecule has 4 nitrogen and oxygen atoms in total. The number of halogens is 1. The monoisotopic (exact) mass is 336 g/mol. The van der Waals surface area contributed by atoms with Crippen molar-refractivity contribution in [3.63, 3.8) is 0 Å². The van der Waals surface area contributed by atoms with Crippen LogP contribution < -0.4 is 0 Å². The number of carbonyl (C=O) groups is 1. The Labute approximate surface area is 144 Å². The first-order chi connectivity index (χ1) is 11.5. The third kappa shape index (κ3) is 5.28. The van der Waals surface area contributed by atoms with Crippen LogP contribution in [0, 0.1) is 11.7 Å². The van der Waals surface area contributed by atoms with Crippen molar-refractivity contribution in [2.45, 2.75) is 39.3 Å². The molecule has 24 heavy (non-hydrogen) atoms. The molecular formula is C19H29FN2O2. The molecule has 0 spiro atoms. The smallest absolute Gasteiger partial charge is 0.224 e. The van der Waals surface area contributed by atoms with Crippen LogP contribution in [0.2, 0.25) is 0 Å². The molecule has 0 aliphatic carbocycles. The molecule has 1 aliphatic rings. The van der Waals surface area contributed by atoms with Gasteiger partial charge in [-0.1, -0.05) is 26.0 Å². The van der Waals surface area contributed by atoms with Crippen LogP contribution in [0.1, 0.15) is 32.3 Å². The van der Waals surface area contributed by atoms with Gasteiger partial charge in [0.1, 0.15) is 5.82 Å². The van der Waals surface area contributed by atoms with Gasteiger partial charge in [0, 0.05) is 39.3 Å². The summed E-state index contributed by atoms with van der Waals surface area (Å²) in [6.45, 7) is 8.17. The first-order valence-corrected chi connectivity index (χ1v) is 8.76. The molecule has 1 heterocycles. The van der Waals surface area contributed by atoms with Crippen molar-refractivity contribution in [1.29, 1.82) is 0 Å². The fourth-order valence-electron chi connectivity index (χ4n) is 3.29. The zero-order valence-corrected chi connectivity index (χ0v) is 15.0. The molecule has 1 aromatic carbocycles. The van der Waals surface area contributed by atoms with E-state index in [9.17, 15) is 9.18 Å². The summed E-state index contributed by atoms with van der Waals surface area (Å²) in [7, 11) is 1.62. The van der Waals surface area contributed by atoms with Gasteiger partial charge in [0.05, 0.1) is 13.0 Å². The number of hydrogen-bond acceptors (Lipinski definition) is 3. The molecular weight excluding hydrogens is 307 g/mol. The molecule has 0 bridgehead atoms. The van der Waals surface area contributed by atoms with Gasteiger partial charge in [-0.25, -0.2) is 4.39 Å². The molecule has 0 saturated carbocycles. The first-order valence-electron chi connectivity index (χ1n) is 8.76. The molecule has 1 atom stereocenters. The van der Waals surface area contributed by atoms with Crippen LogP contribution in [0.25, 0.3) is 0 Å². The highest BCUT2D eigenvalue weighted by Crippen LogP contribution is 2.20. The lowest BCUT2D eigenvalue weighted by Gasteiger charge is -2.34. The largest absolute Gasteiger partial charge is 0.384 e. The molecule has 1 unspecified atom stereocenters. The quantitative estimate of drug-likeness (QED) is 0.801. The van der Waals surface area contributed by atoms with Crippen LogP contribution in [0.3, 0.4) is 0 Å². The van der Waals surface area contributed by atoms with E-state index >= 15 is 0 Å². The van der Waals surface area contributed by atoms with E-state index in [1.165, 1.54) is 12.1 Å². The molecule has 1 amide bonds. The minimum absolute atomic E-state index is 0.172. The summed E-state index contributed by atoms with van der Waals surface area (Å²) in [6, 6.07) is 7.03. The average Bonchev–Trinajstić information content (AvgIpc) is 2.77. The van der Waals surface area contributed by atoms with E-state index in [0.717, 1.165) is 38.2 Å². The van der Waals surface area contributed by atoms with E-state index in [1.807, 2.05) is 17.0 Å². The zero-order chi connectivity index (χ0) is 17.5. The summed E-state index contributed by atoms with van der Waals surface area (Å²) in [5, 5.41) is 0. The molecule has 1 fully saturated rings. The van der Waals surface area contributed by atoms with Crippen molar-refractivity contribution < 1.29 is 13.9 Å². The number of amides is 1. The third-order valence-corrected chi connectivity index (χ3v) is 4.69. The van der Waals surface area contributed by atoms with Gasteiger partial charge >= 0.3 is 0 Å². The van der Waals surface area contributed by atoms with Gasteiger partial charge in [0.15, 0.2) is 0 Å². The van der Waals surface area contributed by atoms with Crippen LogP contribution >= 0.6 is 0 Å². The van der Waals surface area contributed by atoms with E-state index in [4.69, 9.17) is 4.74 Å². The second kappa shape index (κ2) is 9.14. The van der Waals surface area contributed by atoms with E-state index in [1.54, 1.807) is 7.11 Å². The highest BCUT2D eigenvalue weighted by molar-refractivity contribution is 5.76.